The second kappa shape index (κ2) is 6.64. The van der Waals surface area contributed by atoms with E-state index >= 15 is 0 Å². The predicted molar refractivity (Wildman–Crippen MR) is 51.9 cm³/mol. The Kier molecular flexibility index (Phi) is 5.88. The van der Waals surface area contributed by atoms with Crippen molar-refractivity contribution >= 4 is 11.9 Å². The molecule has 0 radical (unpaired) electrons. The molecular formula is C10H10F3NO4. The molecule has 0 aromatic rings. The standard InChI is InChI=1S/C10H10F3NO4/c1-6(2)8(15)17-4-7(3-14)9(16)18-5-10(11,12)13/h7H,1,4-5H2,2H3. The lowest BCUT2D eigenvalue weighted by Gasteiger charge is -2.11. The lowest BCUT2D eigenvalue weighted by Crippen LogP contribution is -2.27. The van der Waals surface area contributed by atoms with Gasteiger partial charge in [-0.15, -0.1) is 0 Å². The topological polar surface area (TPSA) is 76.4 Å². The first-order valence-corrected chi connectivity index (χ1v) is 4.63. The Bertz CT molecular complexity index is 384. The lowest BCUT2D eigenvalue weighted by molar-refractivity contribution is -0.189. The van der Waals surface area contributed by atoms with Crippen LogP contribution in [0, 0.1) is 17.2 Å². The molecule has 0 spiro atoms. The van der Waals surface area contributed by atoms with Crippen molar-refractivity contribution in [3.05, 3.63) is 12.2 Å². The number of alkyl halides is 3. The van der Waals surface area contributed by atoms with Gasteiger partial charge >= 0.3 is 18.1 Å². The first-order valence-electron chi connectivity index (χ1n) is 4.63. The van der Waals surface area contributed by atoms with Crippen molar-refractivity contribution in [3.63, 3.8) is 0 Å². The maximum Gasteiger partial charge on any atom is 0.422 e. The number of nitriles is 1. The summed E-state index contributed by atoms with van der Waals surface area (Å²) in [5.41, 5.74) is 0.0374. The van der Waals surface area contributed by atoms with E-state index in [1.54, 1.807) is 0 Å². The molecule has 0 bridgehead atoms. The summed E-state index contributed by atoms with van der Waals surface area (Å²) in [6.07, 6.45) is -4.68. The fourth-order valence-electron chi connectivity index (χ4n) is 0.694. The van der Waals surface area contributed by atoms with E-state index in [0.29, 0.717) is 0 Å². The fourth-order valence-corrected chi connectivity index (χ4v) is 0.694. The van der Waals surface area contributed by atoms with Crippen LogP contribution < -0.4 is 0 Å². The molecule has 0 aliphatic carbocycles. The fraction of sp³-hybridized carbons (Fsp3) is 0.500. The van der Waals surface area contributed by atoms with Gasteiger partial charge in [-0.3, -0.25) is 4.79 Å². The monoisotopic (exact) mass is 265 g/mol. The molecule has 5 nitrogen and oxygen atoms in total. The molecule has 0 saturated heterocycles. The molecular weight excluding hydrogens is 255 g/mol. The van der Waals surface area contributed by atoms with E-state index in [9.17, 15) is 22.8 Å². The number of carbonyl (C=O) groups excluding carboxylic acids is 2. The van der Waals surface area contributed by atoms with Gasteiger partial charge in [0.1, 0.15) is 6.61 Å². The highest BCUT2D eigenvalue weighted by Gasteiger charge is 2.32. The van der Waals surface area contributed by atoms with Crippen LogP contribution in [0.1, 0.15) is 6.92 Å². The Morgan fingerprint density at radius 2 is 1.94 bits per heavy atom. The smallest absolute Gasteiger partial charge is 0.422 e. The van der Waals surface area contributed by atoms with Crippen LogP contribution in [0.25, 0.3) is 0 Å². The SMILES string of the molecule is C=C(C)C(=O)OCC(C#N)C(=O)OCC(F)(F)F. The highest BCUT2D eigenvalue weighted by Crippen LogP contribution is 2.15. The number of carbonyl (C=O) groups is 2. The van der Waals surface area contributed by atoms with Crippen molar-refractivity contribution in [1.82, 2.24) is 0 Å². The molecule has 8 heteroatoms. The van der Waals surface area contributed by atoms with Crippen LogP contribution in [0.15, 0.2) is 12.2 Å². The average Bonchev–Trinajstić information content (AvgIpc) is 2.25. The van der Waals surface area contributed by atoms with Crippen molar-refractivity contribution < 1.29 is 32.2 Å². The van der Waals surface area contributed by atoms with Gasteiger partial charge in [0.25, 0.3) is 0 Å². The van der Waals surface area contributed by atoms with Crippen LogP contribution in [0.3, 0.4) is 0 Å². The Balaban J connectivity index is 4.26. The highest BCUT2D eigenvalue weighted by atomic mass is 19.4. The van der Waals surface area contributed by atoms with Gasteiger partial charge in [-0.25, -0.2) is 4.79 Å². The maximum atomic E-state index is 11.7. The van der Waals surface area contributed by atoms with E-state index in [4.69, 9.17) is 5.26 Å². The summed E-state index contributed by atoms with van der Waals surface area (Å²) in [5.74, 6) is -3.85. The quantitative estimate of drug-likeness (QED) is 0.554. The Labute approximate surface area is 101 Å². The van der Waals surface area contributed by atoms with E-state index in [-0.39, 0.29) is 5.57 Å². The molecule has 100 valence electrons. The van der Waals surface area contributed by atoms with Crippen LogP contribution in [-0.2, 0) is 19.1 Å². The normalized spacial score (nSPS) is 12.2. The molecule has 0 saturated carbocycles. The summed E-state index contributed by atoms with van der Waals surface area (Å²) in [5, 5.41) is 8.53. The zero-order chi connectivity index (χ0) is 14.3. The minimum absolute atomic E-state index is 0.0374. The third-order valence-electron chi connectivity index (χ3n) is 1.55. The zero-order valence-corrected chi connectivity index (χ0v) is 9.41. The Morgan fingerprint density at radius 1 is 1.39 bits per heavy atom. The molecule has 18 heavy (non-hydrogen) atoms. The van der Waals surface area contributed by atoms with Crippen LogP contribution in [0.2, 0.25) is 0 Å². The molecule has 0 amide bonds. The molecule has 0 aromatic carbocycles. The van der Waals surface area contributed by atoms with Gasteiger partial charge in [-0.2, -0.15) is 18.4 Å². The van der Waals surface area contributed by atoms with E-state index in [2.05, 4.69) is 16.1 Å². The summed E-state index contributed by atoms with van der Waals surface area (Å²) in [6.45, 7) is 2.11. The van der Waals surface area contributed by atoms with E-state index < -0.39 is 37.2 Å². The van der Waals surface area contributed by atoms with Crippen LogP contribution in [-0.4, -0.2) is 31.3 Å². The first-order chi connectivity index (χ1) is 8.17. The average molecular weight is 265 g/mol. The highest BCUT2D eigenvalue weighted by molar-refractivity contribution is 5.87. The summed E-state index contributed by atoms with van der Waals surface area (Å²) < 4.78 is 43.6. The number of esters is 2. The lowest BCUT2D eigenvalue weighted by atomic mass is 10.2. The van der Waals surface area contributed by atoms with E-state index in [1.165, 1.54) is 13.0 Å². The van der Waals surface area contributed by atoms with Crippen LogP contribution in [0.5, 0.6) is 0 Å². The van der Waals surface area contributed by atoms with Gasteiger partial charge in [-0.05, 0) is 6.92 Å². The number of ether oxygens (including phenoxy) is 2. The molecule has 0 aliphatic heterocycles. The number of rotatable bonds is 5. The maximum absolute atomic E-state index is 11.7. The molecule has 0 aromatic heterocycles. The molecule has 0 rings (SSSR count). The Morgan fingerprint density at radius 3 is 2.33 bits per heavy atom. The predicted octanol–water partition coefficient (Wildman–Crippen LogP) is 1.35. The van der Waals surface area contributed by atoms with E-state index in [1.807, 2.05) is 0 Å². The molecule has 1 atom stereocenters. The second-order valence-corrected chi connectivity index (χ2v) is 3.28. The third-order valence-corrected chi connectivity index (χ3v) is 1.55. The number of hydrogen-bond acceptors (Lipinski definition) is 5. The van der Waals surface area contributed by atoms with E-state index in [0.717, 1.165) is 0 Å². The molecule has 0 heterocycles. The minimum Gasteiger partial charge on any atom is -0.460 e. The van der Waals surface area contributed by atoms with Crippen molar-refractivity contribution in [2.75, 3.05) is 13.2 Å². The van der Waals surface area contributed by atoms with Crippen molar-refractivity contribution in [2.45, 2.75) is 13.1 Å². The van der Waals surface area contributed by atoms with Gasteiger partial charge in [-0.1, -0.05) is 6.58 Å². The van der Waals surface area contributed by atoms with Crippen LogP contribution in [0.4, 0.5) is 13.2 Å². The summed E-state index contributed by atoms with van der Waals surface area (Å²) in [4.78, 5) is 22.0. The van der Waals surface area contributed by atoms with Gasteiger partial charge in [0.2, 0.25) is 0 Å². The van der Waals surface area contributed by atoms with Crippen molar-refractivity contribution in [2.24, 2.45) is 5.92 Å². The van der Waals surface area contributed by atoms with Crippen LogP contribution >= 0.6 is 0 Å². The van der Waals surface area contributed by atoms with Crippen molar-refractivity contribution in [1.29, 1.82) is 5.26 Å². The summed E-state index contributed by atoms with van der Waals surface area (Å²) in [6, 6.07) is 1.38. The zero-order valence-electron chi connectivity index (χ0n) is 9.41. The number of nitrogens with zero attached hydrogens (tertiary/aromatic N) is 1. The first kappa shape index (κ1) is 16.0. The largest absolute Gasteiger partial charge is 0.460 e. The van der Waals surface area contributed by atoms with Crippen molar-refractivity contribution in [3.8, 4) is 6.07 Å². The van der Waals surface area contributed by atoms with Gasteiger partial charge in [0.15, 0.2) is 12.5 Å². The van der Waals surface area contributed by atoms with Gasteiger partial charge in [0, 0.05) is 5.57 Å². The van der Waals surface area contributed by atoms with Gasteiger partial charge < -0.3 is 9.47 Å². The molecule has 0 aliphatic rings. The third kappa shape index (κ3) is 6.52. The Hall–Kier alpha value is -2.04. The molecule has 1 unspecified atom stereocenters. The molecule has 0 fully saturated rings. The summed E-state index contributed by atoms with van der Waals surface area (Å²) >= 11 is 0. The number of hydrogen-bond donors (Lipinski definition) is 0. The molecule has 0 N–H and O–H groups in total. The summed E-state index contributed by atoms with van der Waals surface area (Å²) in [7, 11) is 0. The van der Waals surface area contributed by atoms with Gasteiger partial charge in [0.05, 0.1) is 6.07 Å². The minimum atomic E-state index is -4.68. The second-order valence-electron chi connectivity index (χ2n) is 3.28. The number of halogens is 3.